The first-order valence-electron chi connectivity index (χ1n) is 7.07. The van der Waals surface area contributed by atoms with Gasteiger partial charge in [-0.15, -0.1) is 11.8 Å². The van der Waals surface area contributed by atoms with Crippen molar-refractivity contribution in [3.05, 3.63) is 0 Å². The van der Waals surface area contributed by atoms with Gasteiger partial charge < -0.3 is 5.32 Å². The molecule has 0 aromatic rings. The SMILES string of the molecule is CSC(=S)NC1(C2CCCCC2=O)CCCCC1. The van der Waals surface area contributed by atoms with Crippen LogP contribution in [0.3, 0.4) is 0 Å². The van der Waals surface area contributed by atoms with Crippen molar-refractivity contribution in [3.8, 4) is 0 Å². The van der Waals surface area contributed by atoms with Crippen molar-refractivity contribution in [1.29, 1.82) is 0 Å². The van der Waals surface area contributed by atoms with E-state index in [4.69, 9.17) is 12.2 Å². The molecule has 2 nitrogen and oxygen atoms in total. The topological polar surface area (TPSA) is 29.1 Å². The van der Waals surface area contributed by atoms with Crippen LogP contribution in [-0.4, -0.2) is 21.9 Å². The number of thioether (sulfide) groups is 1. The Balaban J connectivity index is 2.17. The second-order valence-electron chi connectivity index (χ2n) is 5.60. The van der Waals surface area contributed by atoms with E-state index in [1.165, 1.54) is 25.7 Å². The minimum Gasteiger partial charge on any atom is -0.365 e. The van der Waals surface area contributed by atoms with Crippen molar-refractivity contribution in [3.63, 3.8) is 0 Å². The summed E-state index contributed by atoms with van der Waals surface area (Å²) in [6.45, 7) is 0. The number of nitrogens with one attached hydrogen (secondary N) is 1. The van der Waals surface area contributed by atoms with Gasteiger partial charge in [0.15, 0.2) is 0 Å². The van der Waals surface area contributed by atoms with Crippen molar-refractivity contribution in [2.75, 3.05) is 6.26 Å². The van der Waals surface area contributed by atoms with E-state index in [9.17, 15) is 4.79 Å². The molecule has 0 heterocycles. The molecule has 1 N–H and O–H groups in total. The van der Waals surface area contributed by atoms with E-state index in [0.29, 0.717) is 5.78 Å². The van der Waals surface area contributed by atoms with Crippen LogP contribution in [0.25, 0.3) is 0 Å². The number of thiocarbonyl (C=S) groups is 1. The molecule has 2 fully saturated rings. The Morgan fingerprint density at radius 3 is 2.61 bits per heavy atom. The van der Waals surface area contributed by atoms with Gasteiger partial charge in [0, 0.05) is 17.9 Å². The van der Waals surface area contributed by atoms with E-state index in [1.807, 2.05) is 6.26 Å². The van der Waals surface area contributed by atoms with E-state index in [2.05, 4.69) is 5.32 Å². The zero-order valence-electron chi connectivity index (χ0n) is 11.2. The van der Waals surface area contributed by atoms with Crippen molar-refractivity contribution < 1.29 is 4.79 Å². The first-order valence-corrected chi connectivity index (χ1v) is 8.70. The standard InChI is InChI=1S/C14H23NOS2/c1-18-13(17)15-14(9-5-2-6-10-14)11-7-3-4-8-12(11)16/h11H,2-10H2,1H3,(H,15,17). The molecule has 2 aliphatic rings. The minimum absolute atomic E-state index is 0.0180. The summed E-state index contributed by atoms with van der Waals surface area (Å²) in [4.78, 5) is 12.3. The maximum Gasteiger partial charge on any atom is 0.138 e. The Morgan fingerprint density at radius 1 is 1.28 bits per heavy atom. The van der Waals surface area contributed by atoms with Gasteiger partial charge in [-0.2, -0.15) is 0 Å². The van der Waals surface area contributed by atoms with Crippen LogP contribution in [0.4, 0.5) is 0 Å². The second kappa shape index (κ2) is 6.38. The molecule has 2 rings (SSSR count). The van der Waals surface area contributed by atoms with Crippen LogP contribution in [0.5, 0.6) is 0 Å². The average Bonchev–Trinajstić information content (AvgIpc) is 2.40. The maximum atomic E-state index is 12.3. The van der Waals surface area contributed by atoms with E-state index < -0.39 is 0 Å². The van der Waals surface area contributed by atoms with Gasteiger partial charge in [0.2, 0.25) is 0 Å². The van der Waals surface area contributed by atoms with E-state index >= 15 is 0 Å². The van der Waals surface area contributed by atoms with E-state index in [0.717, 1.165) is 36.4 Å². The second-order valence-corrected chi connectivity index (χ2v) is 7.08. The highest BCUT2D eigenvalue weighted by atomic mass is 32.2. The summed E-state index contributed by atoms with van der Waals surface area (Å²) in [6.07, 6.45) is 12.1. The summed E-state index contributed by atoms with van der Waals surface area (Å²) < 4.78 is 0.857. The van der Waals surface area contributed by atoms with Crippen molar-refractivity contribution in [2.24, 2.45) is 5.92 Å². The summed E-state index contributed by atoms with van der Waals surface area (Å²) in [6, 6.07) is 0. The molecule has 18 heavy (non-hydrogen) atoms. The van der Waals surface area contributed by atoms with Crippen molar-refractivity contribution in [2.45, 2.75) is 63.3 Å². The van der Waals surface area contributed by atoms with Crippen LogP contribution < -0.4 is 5.32 Å². The minimum atomic E-state index is -0.0180. The molecule has 2 saturated carbocycles. The lowest BCUT2D eigenvalue weighted by molar-refractivity contribution is -0.128. The highest BCUT2D eigenvalue weighted by molar-refractivity contribution is 8.22. The highest BCUT2D eigenvalue weighted by Gasteiger charge is 2.44. The molecule has 0 saturated heterocycles. The van der Waals surface area contributed by atoms with Crippen LogP contribution in [0.2, 0.25) is 0 Å². The van der Waals surface area contributed by atoms with Gasteiger partial charge in [-0.05, 0) is 31.9 Å². The Bertz CT molecular complexity index is 324. The molecule has 1 atom stereocenters. The molecule has 0 aromatic heterocycles. The molecule has 102 valence electrons. The third-order valence-corrected chi connectivity index (χ3v) is 5.58. The monoisotopic (exact) mass is 285 g/mol. The Kier molecular flexibility index (Phi) is 5.07. The highest BCUT2D eigenvalue weighted by Crippen LogP contribution is 2.40. The van der Waals surface area contributed by atoms with Gasteiger partial charge in [-0.3, -0.25) is 4.79 Å². The average molecular weight is 285 g/mol. The van der Waals surface area contributed by atoms with Crippen molar-refractivity contribution >= 4 is 34.1 Å². The summed E-state index contributed by atoms with van der Waals surface area (Å²) in [7, 11) is 0. The first-order chi connectivity index (χ1) is 8.68. The molecule has 1 unspecified atom stereocenters. The van der Waals surface area contributed by atoms with Crippen LogP contribution in [-0.2, 0) is 4.79 Å². The van der Waals surface area contributed by atoms with Gasteiger partial charge in [-0.25, -0.2) is 0 Å². The molecule has 2 aliphatic carbocycles. The Hall–Kier alpha value is -0.0900. The van der Waals surface area contributed by atoms with E-state index in [1.54, 1.807) is 11.8 Å². The van der Waals surface area contributed by atoms with Crippen LogP contribution in [0.15, 0.2) is 0 Å². The summed E-state index contributed by atoms with van der Waals surface area (Å²) in [5.41, 5.74) is -0.0180. The fourth-order valence-corrected chi connectivity index (χ4v) is 4.07. The Labute approximate surface area is 120 Å². The fraction of sp³-hybridized carbons (Fsp3) is 0.857. The third-order valence-electron chi connectivity index (χ3n) is 4.50. The van der Waals surface area contributed by atoms with Gasteiger partial charge in [0.05, 0.1) is 0 Å². The fourth-order valence-electron chi connectivity index (χ4n) is 3.56. The zero-order chi connectivity index (χ0) is 13.0. The van der Waals surface area contributed by atoms with Crippen LogP contribution in [0.1, 0.15) is 57.8 Å². The van der Waals surface area contributed by atoms with Gasteiger partial charge in [-0.1, -0.05) is 37.9 Å². The molecule has 0 aliphatic heterocycles. The summed E-state index contributed by atoms with van der Waals surface area (Å²) in [5, 5.41) is 3.56. The molecule has 0 amide bonds. The largest absolute Gasteiger partial charge is 0.365 e. The van der Waals surface area contributed by atoms with E-state index in [-0.39, 0.29) is 11.5 Å². The number of carbonyl (C=O) groups is 1. The molecular formula is C14H23NOS2. The number of carbonyl (C=O) groups excluding carboxylic acids is 1. The number of ketones is 1. The molecule has 4 heteroatoms. The van der Waals surface area contributed by atoms with Gasteiger partial charge in [0.25, 0.3) is 0 Å². The smallest absolute Gasteiger partial charge is 0.138 e. The summed E-state index contributed by atoms with van der Waals surface area (Å²) in [5.74, 6) is 0.677. The predicted octanol–water partition coefficient (Wildman–Crippen LogP) is 3.69. The third kappa shape index (κ3) is 3.08. The van der Waals surface area contributed by atoms with Gasteiger partial charge in [0.1, 0.15) is 10.1 Å². The number of rotatable bonds is 2. The number of hydrogen-bond acceptors (Lipinski definition) is 3. The lowest BCUT2D eigenvalue weighted by atomic mass is 9.67. The number of hydrogen-bond donors (Lipinski definition) is 1. The summed E-state index contributed by atoms with van der Waals surface area (Å²) >= 11 is 6.95. The normalized spacial score (nSPS) is 27.8. The Morgan fingerprint density at radius 2 is 2.00 bits per heavy atom. The quantitative estimate of drug-likeness (QED) is 0.784. The maximum absolute atomic E-state index is 12.3. The molecule has 0 aromatic carbocycles. The zero-order valence-corrected chi connectivity index (χ0v) is 12.8. The molecule has 0 spiro atoms. The molecule has 0 radical (unpaired) electrons. The predicted molar refractivity (Wildman–Crippen MR) is 82.0 cm³/mol. The molecule has 0 bridgehead atoms. The van der Waals surface area contributed by atoms with Gasteiger partial charge >= 0.3 is 0 Å². The number of Topliss-reactive ketones (excluding diaryl/α,β-unsaturated/α-hetero) is 1. The molecular weight excluding hydrogens is 262 g/mol. The van der Waals surface area contributed by atoms with Crippen LogP contribution in [0, 0.1) is 5.92 Å². The first kappa shape index (κ1) is 14.3. The van der Waals surface area contributed by atoms with Crippen LogP contribution >= 0.6 is 24.0 Å². The lowest BCUT2D eigenvalue weighted by Crippen LogP contribution is -2.56. The van der Waals surface area contributed by atoms with Crippen molar-refractivity contribution in [1.82, 2.24) is 5.32 Å². The lowest BCUT2D eigenvalue weighted by Gasteiger charge is -2.45.